The third kappa shape index (κ3) is 2.78. The molecule has 1 aromatic carbocycles. The van der Waals surface area contributed by atoms with Gasteiger partial charge in [0.05, 0.1) is 12.7 Å². The molecule has 17 heavy (non-hydrogen) atoms. The van der Waals surface area contributed by atoms with Gasteiger partial charge in [-0.2, -0.15) is 0 Å². The highest BCUT2D eigenvalue weighted by molar-refractivity contribution is 5.30. The first kappa shape index (κ1) is 12.4. The van der Waals surface area contributed by atoms with Crippen LogP contribution in [0.4, 0.5) is 4.39 Å². The molecule has 0 aromatic heterocycles. The Morgan fingerprint density at radius 1 is 1.53 bits per heavy atom. The van der Waals surface area contributed by atoms with Crippen molar-refractivity contribution < 1.29 is 14.2 Å². The van der Waals surface area contributed by atoms with Crippen LogP contribution in [0.5, 0.6) is 5.75 Å². The van der Waals surface area contributed by atoms with E-state index in [4.69, 9.17) is 4.74 Å². The molecular weight excluding hydrogens is 219 g/mol. The van der Waals surface area contributed by atoms with Crippen LogP contribution in [0.3, 0.4) is 0 Å². The second-order valence-electron chi connectivity index (χ2n) is 5.22. The molecule has 1 aliphatic carbocycles. The third-order valence-electron chi connectivity index (χ3n) is 3.58. The van der Waals surface area contributed by atoms with Crippen molar-refractivity contribution in [2.45, 2.75) is 38.2 Å². The molecule has 2 atom stereocenters. The topological polar surface area (TPSA) is 29.5 Å². The van der Waals surface area contributed by atoms with Gasteiger partial charge in [-0.25, -0.2) is 4.39 Å². The number of ether oxygens (including phenoxy) is 1. The largest absolute Gasteiger partial charge is 0.494 e. The molecule has 0 heterocycles. The minimum atomic E-state index is -0.652. The Hall–Kier alpha value is -1.09. The van der Waals surface area contributed by atoms with Gasteiger partial charge in [0.25, 0.3) is 0 Å². The van der Waals surface area contributed by atoms with Crippen molar-refractivity contribution in [2.75, 3.05) is 7.11 Å². The van der Waals surface area contributed by atoms with E-state index in [2.05, 4.69) is 6.92 Å². The molecule has 3 heteroatoms. The fourth-order valence-electron chi connectivity index (χ4n) is 2.73. The lowest BCUT2D eigenvalue weighted by Gasteiger charge is -2.22. The number of halogens is 1. The zero-order valence-corrected chi connectivity index (χ0v) is 10.4. The van der Waals surface area contributed by atoms with Crippen LogP contribution in [0, 0.1) is 11.7 Å². The maximum atomic E-state index is 13.5. The molecule has 2 nitrogen and oxygen atoms in total. The van der Waals surface area contributed by atoms with Crippen LogP contribution in [0.25, 0.3) is 0 Å². The second kappa shape index (κ2) is 4.65. The van der Waals surface area contributed by atoms with E-state index in [-0.39, 0.29) is 11.6 Å². The Bertz CT molecular complexity index is 405. The maximum absolute atomic E-state index is 13.5. The Balaban J connectivity index is 2.11. The van der Waals surface area contributed by atoms with Gasteiger partial charge in [0.2, 0.25) is 0 Å². The van der Waals surface area contributed by atoms with Crippen molar-refractivity contribution in [1.29, 1.82) is 0 Å². The molecule has 1 aromatic rings. The number of methoxy groups -OCH3 is 1. The quantitative estimate of drug-likeness (QED) is 0.877. The highest BCUT2D eigenvalue weighted by Crippen LogP contribution is 2.36. The first-order valence-corrected chi connectivity index (χ1v) is 6.07. The summed E-state index contributed by atoms with van der Waals surface area (Å²) in [5.74, 6) is 0.447. The van der Waals surface area contributed by atoms with Crippen molar-refractivity contribution in [1.82, 2.24) is 0 Å². The summed E-state index contributed by atoms with van der Waals surface area (Å²) < 4.78 is 18.4. The molecule has 0 spiro atoms. The van der Waals surface area contributed by atoms with Crippen molar-refractivity contribution in [3.8, 4) is 5.75 Å². The van der Waals surface area contributed by atoms with E-state index in [9.17, 15) is 9.50 Å². The van der Waals surface area contributed by atoms with Gasteiger partial charge in [0.1, 0.15) is 0 Å². The molecule has 1 fully saturated rings. The number of benzene rings is 1. The van der Waals surface area contributed by atoms with E-state index in [1.54, 1.807) is 6.07 Å². The molecular formula is C14H19FO2. The van der Waals surface area contributed by atoms with Crippen LogP contribution in [0.2, 0.25) is 0 Å². The lowest BCUT2D eigenvalue weighted by molar-refractivity contribution is 0.0445. The molecule has 0 radical (unpaired) electrons. The summed E-state index contributed by atoms with van der Waals surface area (Å²) in [6.07, 6.45) is 3.19. The third-order valence-corrected chi connectivity index (χ3v) is 3.58. The highest BCUT2D eigenvalue weighted by atomic mass is 19.1. The van der Waals surface area contributed by atoms with Gasteiger partial charge >= 0.3 is 0 Å². The summed E-state index contributed by atoms with van der Waals surface area (Å²) in [7, 11) is 1.45. The Labute approximate surface area is 101 Å². The van der Waals surface area contributed by atoms with Crippen LogP contribution >= 0.6 is 0 Å². The molecule has 1 N–H and O–H groups in total. The monoisotopic (exact) mass is 238 g/mol. The molecule has 1 aliphatic rings. The Morgan fingerprint density at radius 2 is 2.29 bits per heavy atom. The standard InChI is InChI=1S/C14H19FO2/c1-10-5-6-14(16,8-10)9-11-3-4-13(17-2)12(15)7-11/h3-4,7,10,16H,5-6,8-9H2,1-2H3. The predicted octanol–water partition coefficient (Wildman–Crippen LogP) is 2.93. The molecule has 0 amide bonds. The van der Waals surface area contributed by atoms with Gasteiger partial charge < -0.3 is 9.84 Å². The summed E-state index contributed by atoms with van der Waals surface area (Å²) in [5, 5.41) is 10.4. The smallest absolute Gasteiger partial charge is 0.165 e. The number of aliphatic hydroxyl groups is 1. The molecule has 0 saturated heterocycles. The second-order valence-corrected chi connectivity index (χ2v) is 5.22. The predicted molar refractivity (Wildman–Crippen MR) is 64.6 cm³/mol. The Morgan fingerprint density at radius 3 is 2.82 bits per heavy atom. The maximum Gasteiger partial charge on any atom is 0.165 e. The highest BCUT2D eigenvalue weighted by Gasteiger charge is 2.35. The van der Waals surface area contributed by atoms with Gasteiger partial charge in [-0.3, -0.25) is 0 Å². The number of hydrogen-bond donors (Lipinski definition) is 1. The van der Waals surface area contributed by atoms with Crippen molar-refractivity contribution in [3.63, 3.8) is 0 Å². The van der Waals surface area contributed by atoms with E-state index < -0.39 is 5.60 Å². The van der Waals surface area contributed by atoms with Crippen LogP contribution in [0.1, 0.15) is 31.7 Å². The molecule has 0 aliphatic heterocycles. The molecule has 2 rings (SSSR count). The summed E-state index contributed by atoms with van der Waals surface area (Å²) >= 11 is 0. The zero-order valence-electron chi connectivity index (χ0n) is 10.4. The van der Waals surface area contributed by atoms with Crippen molar-refractivity contribution >= 4 is 0 Å². The molecule has 1 saturated carbocycles. The summed E-state index contributed by atoms with van der Waals surface area (Å²) in [4.78, 5) is 0. The van der Waals surface area contributed by atoms with Crippen LogP contribution in [-0.2, 0) is 6.42 Å². The van der Waals surface area contributed by atoms with Crippen LogP contribution in [-0.4, -0.2) is 17.8 Å². The fraction of sp³-hybridized carbons (Fsp3) is 0.571. The van der Waals surface area contributed by atoms with Gasteiger partial charge in [-0.15, -0.1) is 0 Å². The lowest BCUT2D eigenvalue weighted by atomic mass is 9.92. The number of rotatable bonds is 3. The lowest BCUT2D eigenvalue weighted by Crippen LogP contribution is -2.27. The van der Waals surface area contributed by atoms with Crippen LogP contribution in [0.15, 0.2) is 18.2 Å². The van der Waals surface area contributed by atoms with Gasteiger partial charge in [0.15, 0.2) is 11.6 Å². The van der Waals surface area contributed by atoms with Crippen LogP contribution < -0.4 is 4.74 Å². The fourth-order valence-corrected chi connectivity index (χ4v) is 2.73. The summed E-state index contributed by atoms with van der Waals surface area (Å²) in [6, 6.07) is 4.90. The first-order chi connectivity index (χ1) is 8.02. The normalized spacial score (nSPS) is 28.4. The van der Waals surface area contributed by atoms with Crippen molar-refractivity contribution in [3.05, 3.63) is 29.6 Å². The van der Waals surface area contributed by atoms with Gasteiger partial charge in [0, 0.05) is 6.42 Å². The Kier molecular flexibility index (Phi) is 3.38. The average Bonchev–Trinajstić information content (AvgIpc) is 2.58. The van der Waals surface area contributed by atoms with Gasteiger partial charge in [-0.05, 0) is 42.9 Å². The van der Waals surface area contributed by atoms with Crippen molar-refractivity contribution in [2.24, 2.45) is 5.92 Å². The summed E-state index contributed by atoms with van der Waals surface area (Å²) in [6.45, 7) is 2.15. The molecule has 0 bridgehead atoms. The van der Waals surface area contributed by atoms with Gasteiger partial charge in [-0.1, -0.05) is 13.0 Å². The van der Waals surface area contributed by atoms with E-state index in [1.807, 2.05) is 6.07 Å². The average molecular weight is 238 g/mol. The minimum Gasteiger partial charge on any atom is -0.494 e. The molecule has 94 valence electrons. The zero-order chi connectivity index (χ0) is 12.5. The van der Waals surface area contributed by atoms with E-state index >= 15 is 0 Å². The van der Waals surface area contributed by atoms with E-state index in [0.29, 0.717) is 12.3 Å². The first-order valence-electron chi connectivity index (χ1n) is 6.07. The summed E-state index contributed by atoms with van der Waals surface area (Å²) in [5.41, 5.74) is 0.181. The van der Waals surface area contributed by atoms with E-state index in [1.165, 1.54) is 13.2 Å². The minimum absolute atomic E-state index is 0.250. The SMILES string of the molecule is COc1ccc(CC2(O)CCC(C)C2)cc1F. The molecule has 2 unspecified atom stereocenters. The van der Waals surface area contributed by atoms with E-state index in [0.717, 1.165) is 24.8 Å². The number of hydrogen-bond acceptors (Lipinski definition) is 2.